The third-order valence-corrected chi connectivity index (χ3v) is 15.1. The van der Waals surface area contributed by atoms with Gasteiger partial charge in [0.1, 0.15) is 13.2 Å². The van der Waals surface area contributed by atoms with Crippen LogP contribution in [0.4, 0.5) is 0 Å². The molecular formula is C75H130O6. The van der Waals surface area contributed by atoms with Gasteiger partial charge in [-0.05, 0) is 83.5 Å². The first-order valence-corrected chi connectivity index (χ1v) is 34.7. The molecule has 0 bridgehead atoms. The van der Waals surface area contributed by atoms with Gasteiger partial charge in [-0.2, -0.15) is 0 Å². The van der Waals surface area contributed by atoms with Gasteiger partial charge >= 0.3 is 17.9 Å². The van der Waals surface area contributed by atoms with Crippen molar-refractivity contribution in [2.75, 3.05) is 13.2 Å². The van der Waals surface area contributed by atoms with Crippen molar-refractivity contribution in [2.45, 2.75) is 348 Å². The van der Waals surface area contributed by atoms with Crippen LogP contribution in [0.5, 0.6) is 0 Å². The maximum absolute atomic E-state index is 12.9. The molecule has 0 saturated heterocycles. The summed E-state index contributed by atoms with van der Waals surface area (Å²) in [5, 5.41) is 0. The monoisotopic (exact) mass is 1130 g/mol. The maximum Gasteiger partial charge on any atom is 0.306 e. The number of hydrogen-bond donors (Lipinski definition) is 0. The highest BCUT2D eigenvalue weighted by molar-refractivity contribution is 5.71. The third-order valence-electron chi connectivity index (χ3n) is 15.1. The molecule has 0 aliphatic heterocycles. The minimum absolute atomic E-state index is 0.0801. The van der Waals surface area contributed by atoms with Crippen molar-refractivity contribution in [3.63, 3.8) is 0 Å². The fraction of sp³-hybridized carbons (Fsp3) is 0.747. The zero-order valence-electron chi connectivity index (χ0n) is 53.5. The fourth-order valence-corrected chi connectivity index (χ4v) is 9.93. The van der Waals surface area contributed by atoms with Crippen LogP contribution in [0.15, 0.2) is 97.2 Å². The molecule has 0 saturated carbocycles. The zero-order valence-corrected chi connectivity index (χ0v) is 53.5. The molecule has 0 aromatic rings. The minimum atomic E-state index is -0.780. The largest absolute Gasteiger partial charge is 0.462 e. The molecule has 6 heteroatoms. The van der Waals surface area contributed by atoms with Crippen LogP contribution in [0.25, 0.3) is 0 Å². The van der Waals surface area contributed by atoms with Gasteiger partial charge in [-0.1, -0.05) is 336 Å². The predicted octanol–water partition coefficient (Wildman–Crippen LogP) is 24.0. The van der Waals surface area contributed by atoms with Gasteiger partial charge in [0.25, 0.3) is 0 Å². The molecule has 0 heterocycles. The van der Waals surface area contributed by atoms with Gasteiger partial charge in [-0.3, -0.25) is 14.4 Å². The van der Waals surface area contributed by atoms with Gasteiger partial charge in [0.15, 0.2) is 6.10 Å². The first-order chi connectivity index (χ1) is 40.0. The minimum Gasteiger partial charge on any atom is -0.462 e. The van der Waals surface area contributed by atoms with E-state index in [1.54, 1.807) is 0 Å². The Morgan fingerprint density at radius 2 is 0.481 bits per heavy atom. The zero-order chi connectivity index (χ0) is 58.5. The normalized spacial score (nSPS) is 12.7. The molecule has 0 fully saturated rings. The van der Waals surface area contributed by atoms with Crippen molar-refractivity contribution in [3.8, 4) is 0 Å². The third kappa shape index (κ3) is 67.0. The van der Waals surface area contributed by atoms with E-state index in [4.69, 9.17) is 14.2 Å². The maximum atomic E-state index is 12.9. The number of allylic oxidation sites excluding steroid dienone is 16. The summed E-state index contributed by atoms with van der Waals surface area (Å²) in [6.07, 6.45) is 93.5. The van der Waals surface area contributed by atoms with Gasteiger partial charge in [-0.25, -0.2) is 0 Å². The summed E-state index contributed by atoms with van der Waals surface area (Å²) in [5.41, 5.74) is 0. The number of carbonyl (C=O) groups is 3. The molecule has 0 aromatic heterocycles. The van der Waals surface area contributed by atoms with Crippen molar-refractivity contribution in [1.82, 2.24) is 0 Å². The lowest BCUT2D eigenvalue weighted by molar-refractivity contribution is -0.167. The van der Waals surface area contributed by atoms with E-state index in [-0.39, 0.29) is 31.1 Å². The van der Waals surface area contributed by atoms with Crippen molar-refractivity contribution in [1.29, 1.82) is 0 Å². The van der Waals surface area contributed by atoms with Crippen molar-refractivity contribution < 1.29 is 28.6 Å². The van der Waals surface area contributed by atoms with Gasteiger partial charge < -0.3 is 14.2 Å². The van der Waals surface area contributed by atoms with Crippen LogP contribution >= 0.6 is 0 Å². The van der Waals surface area contributed by atoms with E-state index in [0.717, 1.165) is 128 Å². The molecule has 0 amide bonds. The van der Waals surface area contributed by atoms with E-state index < -0.39 is 6.10 Å². The lowest BCUT2D eigenvalue weighted by atomic mass is 10.0. The SMILES string of the molecule is CC/C=C\C/C=C\C/C=C\C/C=C\C/C=C\C/C=C\C/C=C\C/C=C\CCCCCCCCC(=O)OCC(COC(=O)CCCCCCC)OC(=O)CCCCCCCCCCCCCCCCCCCCCCCCCCCCC. The number of ether oxygens (including phenoxy) is 3. The summed E-state index contributed by atoms with van der Waals surface area (Å²) in [6, 6.07) is 0. The van der Waals surface area contributed by atoms with E-state index in [1.165, 1.54) is 173 Å². The fourth-order valence-electron chi connectivity index (χ4n) is 9.93. The molecule has 0 spiro atoms. The number of hydrogen-bond acceptors (Lipinski definition) is 6. The molecule has 1 atom stereocenters. The Labute approximate surface area is 502 Å². The van der Waals surface area contributed by atoms with Gasteiger partial charge in [0.05, 0.1) is 0 Å². The standard InChI is InChI=1S/C75H130O6/c1-4-7-10-13-15-17-19-21-23-25-27-29-31-33-35-36-37-38-40-41-43-45-47-49-51-53-55-57-59-62-65-68-74(77)80-71-72(70-79-73(76)67-64-61-12-9-6-3)81-75(78)69-66-63-60-58-56-54-52-50-48-46-44-42-39-34-32-30-28-26-24-22-20-18-16-14-11-8-5-2/h7,10,15,17,21,23,27,29,33,35,37-38,41,43,47,49,72H,4-6,8-9,11-14,16,18-20,22,24-26,28,30-32,34,36,39-40,42,44-46,48,50-71H2,1-3H3/b10-7-,17-15-,23-21-,29-27-,35-33-,38-37-,43-41-,49-47-. The highest BCUT2D eigenvalue weighted by Crippen LogP contribution is 2.18. The van der Waals surface area contributed by atoms with E-state index in [1.807, 2.05) is 0 Å². The summed E-state index contributed by atoms with van der Waals surface area (Å²) in [4.78, 5) is 38.0. The quantitative estimate of drug-likeness (QED) is 0.0261. The van der Waals surface area contributed by atoms with Gasteiger partial charge in [-0.15, -0.1) is 0 Å². The second kappa shape index (κ2) is 68.8. The Balaban J connectivity index is 4.04. The van der Waals surface area contributed by atoms with E-state index >= 15 is 0 Å². The molecule has 466 valence electrons. The van der Waals surface area contributed by atoms with Crippen molar-refractivity contribution >= 4 is 17.9 Å². The van der Waals surface area contributed by atoms with Gasteiger partial charge in [0, 0.05) is 19.3 Å². The van der Waals surface area contributed by atoms with Crippen LogP contribution in [0.1, 0.15) is 342 Å². The molecule has 0 radical (unpaired) electrons. The van der Waals surface area contributed by atoms with Crippen molar-refractivity contribution in [2.24, 2.45) is 0 Å². The van der Waals surface area contributed by atoms with Gasteiger partial charge in [0.2, 0.25) is 0 Å². The second-order valence-electron chi connectivity index (χ2n) is 23.1. The molecule has 0 N–H and O–H groups in total. The Morgan fingerprint density at radius 1 is 0.259 bits per heavy atom. The number of carbonyl (C=O) groups excluding carboxylic acids is 3. The second-order valence-corrected chi connectivity index (χ2v) is 23.1. The van der Waals surface area contributed by atoms with Crippen LogP contribution in [-0.2, 0) is 28.6 Å². The lowest BCUT2D eigenvalue weighted by Crippen LogP contribution is -2.30. The first kappa shape index (κ1) is 77.3. The average molecular weight is 1130 g/mol. The van der Waals surface area contributed by atoms with Crippen LogP contribution < -0.4 is 0 Å². The van der Waals surface area contributed by atoms with E-state index in [9.17, 15) is 14.4 Å². The highest BCUT2D eigenvalue weighted by Gasteiger charge is 2.19. The molecule has 0 aromatic carbocycles. The van der Waals surface area contributed by atoms with Crippen LogP contribution in [-0.4, -0.2) is 37.2 Å². The molecule has 81 heavy (non-hydrogen) atoms. The summed E-state index contributed by atoms with van der Waals surface area (Å²) in [6.45, 7) is 6.47. The van der Waals surface area contributed by atoms with E-state index in [2.05, 4.69) is 118 Å². The smallest absolute Gasteiger partial charge is 0.306 e. The Morgan fingerprint density at radius 3 is 0.753 bits per heavy atom. The van der Waals surface area contributed by atoms with Crippen LogP contribution in [0.3, 0.4) is 0 Å². The molecule has 0 aliphatic rings. The summed E-state index contributed by atoms with van der Waals surface area (Å²) >= 11 is 0. The Hall–Kier alpha value is -3.67. The Kier molecular flexibility index (Phi) is 65.7. The summed E-state index contributed by atoms with van der Waals surface area (Å²) in [7, 11) is 0. The molecular weight excluding hydrogens is 997 g/mol. The lowest BCUT2D eigenvalue weighted by Gasteiger charge is -2.18. The van der Waals surface area contributed by atoms with Crippen LogP contribution in [0.2, 0.25) is 0 Å². The summed E-state index contributed by atoms with van der Waals surface area (Å²) in [5.74, 6) is -0.896. The van der Waals surface area contributed by atoms with Crippen LogP contribution in [0, 0.1) is 0 Å². The molecule has 6 nitrogen and oxygen atoms in total. The van der Waals surface area contributed by atoms with E-state index in [0.29, 0.717) is 19.3 Å². The molecule has 0 aliphatic carbocycles. The summed E-state index contributed by atoms with van der Waals surface area (Å²) < 4.78 is 16.8. The van der Waals surface area contributed by atoms with Crippen molar-refractivity contribution in [3.05, 3.63) is 97.2 Å². The number of rotatable bonds is 63. The molecule has 1 unspecified atom stereocenters. The first-order valence-electron chi connectivity index (χ1n) is 34.7. The highest BCUT2D eigenvalue weighted by atomic mass is 16.6. The predicted molar refractivity (Wildman–Crippen MR) is 353 cm³/mol. The molecule has 0 rings (SSSR count). The topological polar surface area (TPSA) is 78.9 Å². The number of unbranched alkanes of at least 4 members (excludes halogenated alkanes) is 36. The average Bonchev–Trinajstić information content (AvgIpc) is 3.47. The number of esters is 3. The Bertz CT molecular complexity index is 1580.